The van der Waals surface area contributed by atoms with Crippen molar-refractivity contribution < 1.29 is 9.53 Å². The van der Waals surface area contributed by atoms with Gasteiger partial charge in [0.25, 0.3) is 5.91 Å². The van der Waals surface area contributed by atoms with Gasteiger partial charge in [-0.1, -0.05) is 48.9 Å². The minimum absolute atomic E-state index is 0.0665. The Morgan fingerprint density at radius 2 is 1.94 bits per heavy atom. The summed E-state index contributed by atoms with van der Waals surface area (Å²) in [5, 5.41) is 6.63. The quantitative estimate of drug-likeness (QED) is 0.293. The van der Waals surface area contributed by atoms with E-state index in [4.69, 9.17) is 21.3 Å². The van der Waals surface area contributed by atoms with Gasteiger partial charge in [-0.25, -0.2) is 4.98 Å². The highest BCUT2D eigenvalue weighted by molar-refractivity contribution is 7.13. The fraction of sp³-hybridized carbons (Fsp3) is 0.259. The van der Waals surface area contributed by atoms with Crippen LogP contribution < -0.4 is 10.1 Å². The summed E-state index contributed by atoms with van der Waals surface area (Å²) in [6.07, 6.45) is 0.873. The number of benzene rings is 2. The summed E-state index contributed by atoms with van der Waals surface area (Å²) >= 11 is 7.95. The van der Waals surface area contributed by atoms with Gasteiger partial charge in [0.05, 0.1) is 29.1 Å². The van der Waals surface area contributed by atoms with Crippen LogP contribution in [0.5, 0.6) is 5.75 Å². The first-order chi connectivity index (χ1) is 16.4. The summed E-state index contributed by atoms with van der Waals surface area (Å²) in [5.41, 5.74) is 5.29. The minimum Gasteiger partial charge on any atom is -0.497 e. The van der Waals surface area contributed by atoms with Gasteiger partial charge < -0.3 is 14.6 Å². The highest BCUT2D eigenvalue weighted by atomic mass is 35.5. The van der Waals surface area contributed by atoms with Crippen molar-refractivity contribution >= 4 is 28.8 Å². The van der Waals surface area contributed by atoms with E-state index < -0.39 is 0 Å². The van der Waals surface area contributed by atoms with E-state index in [9.17, 15) is 4.79 Å². The molecule has 0 spiro atoms. The predicted molar refractivity (Wildman–Crippen MR) is 140 cm³/mol. The molecule has 2 aromatic carbocycles. The van der Waals surface area contributed by atoms with Gasteiger partial charge in [0.2, 0.25) is 0 Å². The van der Waals surface area contributed by atoms with E-state index >= 15 is 0 Å². The van der Waals surface area contributed by atoms with Crippen LogP contribution in [0, 0.1) is 6.92 Å². The van der Waals surface area contributed by atoms with Crippen LogP contribution in [0.4, 0.5) is 0 Å². The summed E-state index contributed by atoms with van der Waals surface area (Å²) in [4.78, 5) is 18.0. The first kappa shape index (κ1) is 24.0. The summed E-state index contributed by atoms with van der Waals surface area (Å²) in [5.74, 6) is 0.744. The van der Waals surface area contributed by atoms with Crippen molar-refractivity contribution in [3.63, 3.8) is 0 Å². The molecule has 0 aliphatic rings. The lowest BCUT2D eigenvalue weighted by Gasteiger charge is -2.13. The molecule has 5 nitrogen and oxygen atoms in total. The van der Waals surface area contributed by atoms with Gasteiger partial charge in [-0.3, -0.25) is 4.79 Å². The van der Waals surface area contributed by atoms with Gasteiger partial charge >= 0.3 is 0 Å². The number of aromatic nitrogens is 2. The third-order valence-electron chi connectivity index (χ3n) is 5.97. The number of ether oxygens (including phenoxy) is 1. The average molecular weight is 494 g/mol. The molecular formula is C27H28ClN3O2S. The number of amides is 1. The van der Waals surface area contributed by atoms with Gasteiger partial charge in [-0.05, 0) is 50.1 Å². The van der Waals surface area contributed by atoms with E-state index in [0.29, 0.717) is 17.1 Å². The van der Waals surface area contributed by atoms with E-state index in [1.54, 1.807) is 18.4 Å². The number of nitrogens with one attached hydrogen (secondary N) is 1. The van der Waals surface area contributed by atoms with Crippen molar-refractivity contribution in [3.05, 3.63) is 81.8 Å². The zero-order valence-corrected chi connectivity index (χ0v) is 21.3. The lowest BCUT2D eigenvalue weighted by molar-refractivity contribution is 0.0938. The van der Waals surface area contributed by atoms with Crippen molar-refractivity contribution in [1.82, 2.24) is 14.9 Å². The molecule has 0 fully saturated rings. The number of thiazole rings is 1. The van der Waals surface area contributed by atoms with E-state index in [1.165, 1.54) is 0 Å². The van der Waals surface area contributed by atoms with Crippen molar-refractivity contribution in [1.29, 1.82) is 0 Å². The maximum Gasteiger partial charge on any atom is 0.253 e. The second kappa shape index (κ2) is 10.5. The molecule has 34 heavy (non-hydrogen) atoms. The largest absolute Gasteiger partial charge is 0.497 e. The highest BCUT2D eigenvalue weighted by Crippen LogP contribution is 2.35. The summed E-state index contributed by atoms with van der Waals surface area (Å²) in [6, 6.07) is 17.7. The Bertz CT molecular complexity index is 1290. The molecule has 2 aromatic heterocycles. The number of rotatable bonds is 8. The van der Waals surface area contributed by atoms with Crippen LogP contribution in [0.25, 0.3) is 22.0 Å². The fourth-order valence-electron chi connectivity index (χ4n) is 3.76. The minimum atomic E-state index is -0.0665. The SMILES string of the molecule is CCC(C)NC(=O)c1cc(-c2csc(-c3ccccc3Cl)n2)n(Cc2ccc(OC)cc2)c1C. The van der Waals surface area contributed by atoms with Crippen LogP contribution in [0.3, 0.4) is 0 Å². The number of methoxy groups -OCH3 is 1. The third kappa shape index (κ3) is 5.03. The van der Waals surface area contributed by atoms with Gasteiger partial charge in [-0.2, -0.15) is 0 Å². The molecule has 0 saturated heterocycles. The Morgan fingerprint density at radius 3 is 2.62 bits per heavy atom. The molecule has 4 rings (SSSR count). The molecule has 0 saturated carbocycles. The van der Waals surface area contributed by atoms with Gasteiger partial charge in [0.1, 0.15) is 10.8 Å². The van der Waals surface area contributed by atoms with Gasteiger partial charge in [-0.15, -0.1) is 11.3 Å². The third-order valence-corrected chi connectivity index (χ3v) is 7.18. The Balaban J connectivity index is 1.76. The van der Waals surface area contributed by atoms with E-state index in [1.807, 2.05) is 73.8 Å². The maximum absolute atomic E-state index is 13.1. The van der Waals surface area contributed by atoms with Crippen molar-refractivity contribution in [2.24, 2.45) is 0 Å². The zero-order chi connectivity index (χ0) is 24.2. The lowest BCUT2D eigenvalue weighted by Crippen LogP contribution is -2.32. The molecule has 7 heteroatoms. The normalized spacial score (nSPS) is 11.9. The van der Waals surface area contributed by atoms with Crippen LogP contribution in [0.2, 0.25) is 5.02 Å². The fourth-order valence-corrected chi connectivity index (χ4v) is 4.89. The number of hydrogen-bond acceptors (Lipinski definition) is 4. The lowest BCUT2D eigenvalue weighted by atomic mass is 10.2. The molecule has 1 unspecified atom stereocenters. The van der Waals surface area contributed by atoms with Gasteiger partial charge in [0.15, 0.2) is 0 Å². The smallest absolute Gasteiger partial charge is 0.253 e. The summed E-state index contributed by atoms with van der Waals surface area (Å²) in [7, 11) is 1.66. The van der Waals surface area contributed by atoms with E-state index in [2.05, 4.69) is 16.8 Å². The first-order valence-corrected chi connectivity index (χ1v) is 12.5. The molecule has 2 heterocycles. The Labute approximate surface area is 209 Å². The molecular weight excluding hydrogens is 466 g/mol. The Hall–Kier alpha value is -3.09. The van der Waals surface area contributed by atoms with Gasteiger partial charge in [0, 0.05) is 29.2 Å². The molecule has 0 aliphatic carbocycles. The second-order valence-electron chi connectivity index (χ2n) is 8.26. The molecule has 1 N–H and O–H groups in total. The van der Waals surface area contributed by atoms with Crippen molar-refractivity contribution in [2.45, 2.75) is 39.8 Å². The number of carbonyl (C=O) groups excluding carboxylic acids is 1. The number of halogens is 1. The zero-order valence-electron chi connectivity index (χ0n) is 19.8. The van der Waals surface area contributed by atoms with E-state index in [0.717, 1.165) is 45.4 Å². The molecule has 176 valence electrons. The molecule has 0 radical (unpaired) electrons. The Kier molecular flexibility index (Phi) is 7.39. The Morgan fingerprint density at radius 1 is 1.21 bits per heavy atom. The molecule has 1 amide bonds. The standard InChI is InChI=1S/C27H28ClN3O2S/c1-5-17(2)29-26(32)22-14-25(24-16-34-27(30-24)21-8-6-7-9-23(21)28)31(18(22)3)15-19-10-12-20(33-4)13-11-19/h6-14,16-17H,5,15H2,1-4H3,(H,29,32). The van der Waals surface area contributed by atoms with E-state index in [-0.39, 0.29) is 11.9 Å². The summed E-state index contributed by atoms with van der Waals surface area (Å²) < 4.78 is 7.45. The average Bonchev–Trinajstić information content (AvgIpc) is 3.45. The number of carbonyl (C=O) groups is 1. The van der Waals surface area contributed by atoms with Crippen LogP contribution in [-0.2, 0) is 6.54 Å². The van der Waals surface area contributed by atoms with Crippen LogP contribution in [-0.4, -0.2) is 28.6 Å². The maximum atomic E-state index is 13.1. The summed E-state index contributed by atoms with van der Waals surface area (Å²) in [6.45, 7) is 6.67. The van der Waals surface area contributed by atoms with Crippen LogP contribution in [0.15, 0.2) is 60.0 Å². The molecule has 1 atom stereocenters. The highest BCUT2D eigenvalue weighted by Gasteiger charge is 2.21. The molecule has 0 bridgehead atoms. The van der Waals surface area contributed by atoms with Crippen molar-refractivity contribution in [2.75, 3.05) is 7.11 Å². The topological polar surface area (TPSA) is 56.2 Å². The monoisotopic (exact) mass is 493 g/mol. The van der Waals surface area contributed by atoms with Crippen molar-refractivity contribution in [3.8, 4) is 27.7 Å². The number of nitrogens with zero attached hydrogens (tertiary/aromatic N) is 2. The predicted octanol–water partition coefficient (Wildman–Crippen LogP) is 6.83. The first-order valence-electron chi connectivity index (χ1n) is 11.3. The van der Waals surface area contributed by atoms with Crippen LogP contribution >= 0.6 is 22.9 Å². The number of hydrogen-bond donors (Lipinski definition) is 1. The molecule has 0 aliphatic heterocycles. The van der Waals surface area contributed by atoms with Crippen LogP contribution in [0.1, 0.15) is 41.9 Å². The second-order valence-corrected chi connectivity index (χ2v) is 9.53. The molecule has 4 aromatic rings.